The monoisotopic (exact) mass is 348 g/mol. The van der Waals surface area contributed by atoms with Crippen molar-refractivity contribution in [2.24, 2.45) is 5.41 Å². The Morgan fingerprint density at radius 1 is 1.08 bits per heavy atom. The molecule has 138 valence electrons. The van der Waals surface area contributed by atoms with Crippen LogP contribution in [-0.4, -0.2) is 38.4 Å². The van der Waals surface area contributed by atoms with Gasteiger partial charge in [0.1, 0.15) is 0 Å². The number of methoxy groups -OCH3 is 1. The normalized spacial score (nSPS) is 25.8. The van der Waals surface area contributed by atoms with Gasteiger partial charge in [-0.3, -0.25) is 9.59 Å². The third kappa shape index (κ3) is 3.56. The number of rotatable bonds is 5. The Balaban J connectivity index is 2.48. The van der Waals surface area contributed by atoms with Crippen molar-refractivity contribution >= 4 is 11.9 Å². The van der Waals surface area contributed by atoms with Crippen LogP contribution in [-0.2, 0) is 23.8 Å². The Morgan fingerprint density at radius 2 is 1.68 bits per heavy atom. The minimum atomic E-state index is -1.35. The number of ether oxygens (including phenoxy) is 3. The molecule has 0 aliphatic heterocycles. The average molecular weight is 348 g/mol. The first-order valence-corrected chi connectivity index (χ1v) is 8.87. The lowest BCUT2D eigenvalue weighted by molar-refractivity contribution is -0.171. The molecule has 5 heteroatoms. The molecule has 0 heterocycles. The van der Waals surface area contributed by atoms with Gasteiger partial charge in [-0.15, -0.1) is 0 Å². The highest BCUT2D eigenvalue weighted by atomic mass is 16.6. The third-order valence-corrected chi connectivity index (χ3v) is 5.01. The first-order valence-electron chi connectivity index (χ1n) is 8.87. The first-order chi connectivity index (χ1) is 11.9. The summed E-state index contributed by atoms with van der Waals surface area (Å²) in [6.45, 7) is 12.2. The van der Waals surface area contributed by atoms with E-state index in [0.717, 1.165) is 41.6 Å². The van der Waals surface area contributed by atoms with Gasteiger partial charge in [0.05, 0.1) is 19.3 Å². The van der Waals surface area contributed by atoms with Crippen molar-refractivity contribution in [1.29, 1.82) is 0 Å². The molecule has 0 aromatic rings. The molecule has 0 amide bonds. The largest absolute Gasteiger partial charge is 0.465 e. The maximum Gasteiger partial charge on any atom is 0.324 e. The van der Waals surface area contributed by atoms with Crippen molar-refractivity contribution in [3.63, 3.8) is 0 Å². The van der Waals surface area contributed by atoms with Gasteiger partial charge in [0.25, 0.3) is 0 Å². The molecule has 2 aliphatic rings. The molecule has 0 N–H and O–H groups in total. The summed E-state index contributed by atoms with van der Waals surface area (Å²) in [6, 6.07) is 0. The van der Waals surface area contributed by atoms with Crippen molar-refractivity contribution in [3.8, 4) is 0 Å². The fourth-order valence-electron chi connectivity index (χ4n) is 3.81. The van der Waals surface area contributed by atoms with Crippen molar-refractivity contribution in [1.82, 2.24) is 0 Å². The summed E-state index contributed by atoms with van der Waals surface area (Å²) in [7, 11) is 1.67. The van der Waals surface area contributed by atoms with Gasteiger partial charge < -0.3 is 14.2 Å². The average Bonchev–Trinajstić information content (AvgIpc) is 2.93. The molecule has 2 fully saturated rings. The summed E-state index contributed by atoms with van der Waals surface area (Å²) in [5.74, 6) is -1.08. The summed E-state index contributed by atoms with van der Waals surface area (Å²) in [6.07, 6.45) is 3.17. The highest BCUT2D eigenvalue weighted by Gasteiger charge is 2.54. The van der Waals surface area contributed by atoms with Gasteiger partial charge in [-0.2, -0.15) is 0 Å². The molecular formula is C20H28O5. The molecule has 1 unspecified atom stereocenters. The fourth-order valence-corrected chi connectivity index (χ4v) is 3.81. The number of hydrogen-bond donors (Lipinski definition) is 0. The van der Waals surface area contributed by atoms with Crippen LogP contribution in [0.4, 0.5) is 0 Å². The molecule has 2 aliphatic carbocycles. The molecule has 25 heavy (non-hydrogen) atoms. The van der Waals surface area contributed by atoms with Gasteiger partial charge in [0, 0.05) is 13.5 Å². The number of allylic oxidation sites excluding steroid dienone is 2. The van der Waals surface area contributed by atoms with E-state index in [9.17, 15) is 9.59 Å². The van der Waals surface area contributed by atoms with Gasteiger partial charge in [-0.1, -0.05) is 13.2 Å². The van der Waals surface area contributed by atoms with E-state index in [1.807, 2.05) is 0 Å². The Hall–Kier alpha value is -1.88. The van der Waals surface area contributed by atoms with Crippen molar-refractivity contribution in [2.75, 3.05) is 20.3 Å². The Morgan fingerprint density at radius 3 is 2.20 bits per heavy atom. The maximum absolute atomic E-state index is 12.6. The fraction of sp³-hybridized carbons (Fsp3) is 0.600. The summed E-state index contributed by atoms with van der Waals surface area (Å²) in [5.41, 5.74) is 2.31. The zero-order chi connectivity index (χ0) is 18.6. The Labute approximate surface area is 149 Å². The Bertz CT molecular complexity index is 596. The van der Waals surface area contributed by atoms with Crippen LogP contribution in [0, 0.1) is 5.41 Å². The SMILES string of the molecule is C=C1CC(C(=O)OCC)(C(=O)OCC)C/C1=C1\C(=C)CCCC1OC. The first kappa shape index (κ1) is 19.4. The molecule has 5 nitrogen and oxygen atoms in total. The number of esters is 2. The van der Waals surface area contributed by atoms with Gasteiger partial charge in [-0.05, 0) is 61.8 Å². The van der Waals surface area contributed by atoms with Gasteiger partial charge in [0.2, 0.25) is 0 Å². The topological polar surface area (TPSA) is 61.8 Å². The Kier molecular flexibility index (Phi) is 6.22. The van der Waals surface area contributed by atoms with Gasteiger partial charge >= 0.3 is 11.9 Å². The second-order valence-electron chi connectivity index (χ2n) is 6.59. The van der Waals surface area contributed by atoms with E-state index < -0.39 is 17.4 Å². The van der Waals surface area contributed by atoms with E-state index in [1.54, 1.807) is 21.0 Å². The minimum Gasteiger partial charge on any atom is -0.465 e. The molecule has 2 rings (SSSR count). The summed E-state index contributed by atoms with van der Waals surface area (Å²) in [5, 5.41) is 0. The molecule has 0 aromatic heterocycles. The lowest BCUT2D eigenvalue weighted by Gasteiger charge is -2.29. The minimum absolute atomic E-state index is 0.0757. The van der Waals surface area contributed by atoms with E-state index >= 15 is 0 Å². The second-order valence-corrected chi connectivity index (χ2v) is 6.59. The highest BCUT2D eigenvalue weighted by Crippen LogP contribution is 2.50. The quantitative estimate of drug-likeness (QED) is 0.562. The predicted octanol–water partition coefficient (Wildman–Crippen LogP) is 3.50. The van der Waals surface area contributed by atoms with Crippen LogP contribution in [0.2, 0.25) is 0 Å². The van der Waals surface area contributed by atoms with Crippen LogP contribution in [0.5, 0.6) is 0 Å². The predicted molar refractivity (Wildman–Crippen MR) is 94.9 cm³/mol. The summed E-state index contributed by atoms with van der Waals surface area (Å²) < 4.78 is 16.0. The third-order valence-electron chi connectivity index (χ3n) is 5.01. The molecule has 0 spiro atoms. The molecular weight excluding hydrogens is 320 g/mol. The zero-order valence-electron chi connectivity index (χ0n) is 15.5. The van der Waals surface area contributed by atoms with Crippen LogP contribution >= 0.6 is 0 Å². The second kappa shape index (κ2) is 8.00. The lowest BCUT2D eigenvalue weighted by Crippen LogP contribution is -2.40. The molecule has 1 atom stereocenters. The van der Waals surface area contributed by atoms with Crippen LogP contribution in [0.15, 0.2) is 35.5 Å². The van der Waals surface area contributed by atoms with Crippen molar-refractivity contribution in [2.45, 2.75) is 52.1 Å². The maximum atomic E-state index is 12.6. The highest BCUT2D eigenvalue weighted by molar-refractivity contribution is 6.02. The molecule has 0 aromatic carbocycles. The van der Waals surface area contributed by atoms with Crippen LogP contribution in [0.25, 0.3) is 0 Å². The smallest absolute Gasteiger partial charge is 0.324 e. The molecule has 0 saturated heterocycles. The van der Waals surface area contributed by atoms with E-state index in [-0.39, 0.29) is 32.2 Å². The zero-order valence-corrected chi connectivity index (χ0v) is 15.5. The number of carbonyl (C=O) groups excluding carboxylic acids is 2. The molecule has 0 bridgehead atoms. The molecule has 0 radical (unpaired) electrons. The van der Waals surface area contributed by atoms with Crippen molar-refractivity contribution < 1.29 is 23.8 Å². The van der Waals surface area contributed by atoms with Crippen molar-refractivity contribution in [3.05, 3.63) is 35.5 Å². The van der Waals surface area contributed by atoms with E-state index in [4.69, 9.17) is 14.2 Å². The van der Waals surface area contributed by atoms with Crippen LogP contribution in [0.1, 0.15) is 46.0 Å². The standard InChI is InChI=1S/C20H28O5/c1-6-24-18(21)20(19(22)25-7-2)11-14(4)15(12-20)17-13(3)9-8-10-16(17)23-5/h16H,3-4,6-12H2,1-2,5H3/b17-15-. The molecule has 2 saturated carbocycles. The number of hydrogen-bond acceptors (Lipinski definition) is 5. The van der Waals surface area contributed by atoms with E-state index in [0.29, 0.717) is 0 Å². The van der Waals surface area contributed by atoms with E-state index in [1.165, 1.54) is 0 Å². The lowest BCUT2D eigenvalue weighted by atomic mass is 9.81. The van der Waals surface area contributed by atoms with Crippen LogP contribution in [0.3, 0.4) is 0 Å². The summed E-state index contributed by atoms with van der Waals surface area (Å²) in [4.78, 5) is 25.3. The number of carbonyl (C=O) groups is 2. The van der Waals surface area contributed by atoms with E-state index in [2.05, 4.69) is 13.2 Å². The summed E-state index contributed by atoms with van der Waals surface area (Å²) >= 11 is 0. The van der Waals surface area contributed by atoms with Crippen LogP contribution < -0.4 is 0 Å². The van der Waals surface area contributed by atoms with Gasteiger partial charge in [-0.25, -0.2) is 0 Å². The van der Waals surface area contributed by atoms with Gasteiger partial charge in [0.15, 0.2) is 5.41 Å².